The summed E-state index contributed by atoms with van der Waals surface area (Å²) in [7, 11) is 0. The number of hydrogen-bond donors (Lipinski definition) is 1. The van der Waals surface area contributed by atoms with Gasteiger partial charge in [-0.1, -0.05) is 6.07 Å². The van der Waals surface area contributed by atoms with E-state index in [4.69, 9.17) is 5.26 Å². The van der Waals surface area contributed by atoms with E-state index >= 15 is 0 Å². The topological polar surface area (TPSA) is 35.8 Å². The Morgan fingerprint density at radius 3 is 2.93 bits per heavy atom. The third-order valence-corrected chi connectivity index (χ3v) is 2.39. The lowest BCUT2D eigenvalue weighted by Gasteiger charge is -2.07. The molecule has 0 heterocycles. The molecule has 1 N–H and O–H groups in total. The Hall–Kier alpha value is -1.08. The summed E-state index contributed by atoms with van der Waals surface area (Å²) in [6, 6.07) is 6.85. The molecule has 0 atom stereocenters. The normalized spacial score (nSPS) is 9.50. The molecule has 2 nitrogen and oxygen atoms in total. The number of nitriles is 1. The first kappa shape index (κ1) is 11.0. The molecule has 1 rings (SSSR count). The highest BCUT2D eigenvalue weighted by molar-refractivity contribution is 9.10. The van der Waals surface area contributed by atoms with Gasteiger partial charge in [-0.15, -0.1) is 0 Å². The van der Waals surface area contributed by atoms with Gasteiger partial charge in [0.15, 0.2) is 0 Å². The lowest BCUT2D eigenvalue weighted by molar-refractivity contribution is 0.629. The zero-order valence-electron chi connectivity index (χ0n) is 7.56. The molecule has 0 amide bonds. The summed E-state index contributed by atoms with van der Waals surface area (Å²) in [5.41, 5.74) is 0.463. The van der Waals surface area contributed by atoms with Gasteiger partial charge in [-0.3, -0.25) is 0 Å². The van der Waals surface area contributed by atoms with Crippen LogP contribution in [0.3, 0.4) is 0 Å². The van der Waals surface area contributed by atoms with Gasteiger partial charge >= 0.3 is 0 Å². The van der Waals surface area contributed by atoms with Crippen LogP contribution in [-0.2, 0) is 0 Å². The SMILES string of the molecule is N#CCCCNc1c(F)cccc1Br. The van der Waals surface area contributed by atoms with E-state index in [-0.39, 0.29) is 5.82 Å². The number of halogens is 2. The first-order valence-electron chi connectivity index (χ1n) is 4.30. The molecule has 0 aromatic heterocycles. The molecule has 74 valence electrons. The van der Waals surface area contributed by atoms with Crippen molar-refractivity contribution in [2.45, 2.75) is 12.8 Å². The van der Waals surface area contributed by atoms with E-state index < -0.39 is 0 Å². The summed E-state index contributed by atoms with van der Waals surface area (Å²) in [4.78, 5) is 0. The minimum atomic E-state index is -0.281. The van der Waals surface area contributed by atoms with Crippen LogP contribution in [0.25, 0.3) is 0 Å². The summed E-state index contributed by atoms with van der Waals surface area (Å²) in [6.45, 7) is 0.604. The Balaban J connectivity index is 2.54. The van der Waals surface area contributed by atoms with Crippen LogP contribution in [0.2, 0.25) is 0 Å². The molecule has 0 spiro atoms. The van der Waals surface area contributed by atoms with Gasteiger partial charge in [-0.25, -0.2) is 4.39 Å². The second kappa shape index (κ2) is 5.61. The highest BCUT2D eigenvalue weighted by Gasteiger charge is 2.04. The average Bonchev–Trinajstić information content (AvgIpc) is 2.16. The fourth-order valence-corrected chi connectivity index (χ4v) is 1.53. The van der Waals surface area contributed by atoms with E-state index in [1.807, 2.05) is 6.07 Å². The van der Waals surface area contributed by atoms with E-state index in [0.29, 0.717) is 23.1 Å². The predicted molar refractivity (Wildman–Crippen MR) is 57.4 cm³/mol. The predicted octanol–water partition coefficient (Wildman–Crippen LogP) is 3.30. The fourth-order valence-electron chi connectivity index (χ4n) is 1.05. The first-order chi connectivity index (χ1) is 6.75. The van der Waals surface area contributed by atoms with Crippen LogP contribution in [-0.4, -0.2) is 6.54 Å². The second-order valence-corrected chi connectivity index (χ2v) is 3.64. The molecule has 0 fully saturated rings. The molecule has 1 aromatic carbocycles. The molecule has 0 saturated carbocycles. The molecular formula is C10H10BrFN2. The maximum Gasteiger partial charge on any atom is 0.147 e. The van der Waals surface area contributed by atoms with Crippen molar-refractivity contribution < 1.29 is 4.39 Å². The van der Waals surface area contributed by atoms with Crippen LogP contribution in [0.4, 0.5) is 10.1 Å². The zero-order chi connectivity index (χ0) is 10.4. The van der Waals surface area contributed by atoms with Crippen molar-refractivity contribution in [3.63, 3.8) is 0 Å². The fraction of sp³-hybridized carbons (Fsp3) is 0.300. The van der Waals surface area contributed by atoms with Crippen LogP contribution in [0.15, 0.2) is 22.7 Å². The largest absolute Gasteiger partial charge is 0.382 e. The van der Waals surface area contributed by atoms with Gasteiger partial charge in [0.1, 0.15) is 5.82 Å². The van der Waals surface area contributed by atoms with Gasteiger partial charge in [0, 0.05) is 17.4 Å². The zero-order valence-corrected chi connectivity index (χ0v) is 9.14. The van der Waals surface area contributed by atoms with Gasteiger partial charge < -0.3 is 5.32 Å². The number of unbranched alkanes of at least 4 members (excludes halogenated alkanes) is 1. The summed E-state index contributed by atoms with van der Waals surface area (Å²) in [5.74, 6) is -0.281. The Bertz CT molecular complexity index is 326. The van der Waals surface area contributed by atoms with Crippen molar-refractivity contribution in [2.24, 2.45) is 0 Å². The van der Waals surface area contributed by atoms with Gasteiger partial charge in [0.25, 0.3) is 0 Å². The average molecular weight is 257 g/mol. The molecule has 0 bridgehead atoms. The minimum absolute atomic E-state index is 0.281. The highest BCUT2D eigenvalue weighted by atomic mass is 79.9. The van der Waals surface area contributed by atoms with Gasteiger partial charge in [0.05, 0.1) is 11.8 Å². The number of nitrogens with zero attached hydrogens (tertiary/aromatic N) is 1. The Kier molecular flexibility index (Phi) is 4.41. The van der Waals surface area contributed by atoms with E-state index in [0.717, 1.165) is 6.42 Å². The second-order valence-electron chi connectivity index (χ2n) is 2.79. The molecular weight excluding hydrogens is 247 g/mol. The van der Waals surface area contributed by atoms with Crippen LogP contribution in [0, 0.1) is 17.1 Å². The van der Waals surface area contributed by atoms with Crippen molar-refractivity contribution in [1.29, 1.82) is 5.26 Å². The third kappa shape index (κ3) is 3.00. The summed E-state index contributed by atoms with van der Waals surface area (Å²) in [5, 5.41) is 11.3. The van der Waals surface area contributed by atoms with Crippen molar-refractivity contribution in [1.82, 2.24) is 0 Å². The summed E-state index contributed by atoms with van der Waals surface area (Å²) < 4.78 is 13.9. The van der Waals surface area contributed by atoms with E-state index in [2.05, 4.69) is 21.2 Å². The molecule has 0 aliphatic heterocycles. The lowest BCUT2D eigenvalue weighted by atomic mass is 10.3. The molecule has 0 radical (unpaired) electrons. The third-order valence-electron chi connectivity index (χ3n) is 1.73. The van der Waals surface area contributed by atoms with Crippen molar-refractivity contribution in [2.75, 3.05) is 11.9 Å². The number of hydrogen-bond acceptors (Lipinski definition) is 2. The van der Waals surface area contributed by atoms with Crippen LogP contribution < -0.4 is 5.32 Å². The van der Waals surface area contributed by atoms with Crippen molar-refractivity contribution in [3.8, 4) is 6.07 Å². The van der Waals surface area contributed by atoms with Crippen molar-refractivity contribution >= 4 is 21.6 Å². The maximum atomic E-state index is 13.2. The number of rotatable bonds is 4. The molecule has 4 heteroatoms. The molecule has 0 aliphatic carbocycles. The summed E-state index contributed by atoms with van der Waals surface area (Å²) in [6.07, 6.45) is 1.20. The molecule has 14 heavy (non-hydrogen) atoms. The van der Waals surface area contributed by atoms with Gasteiger partial charge in [-0.2, -0.15) is 5.26 Å². The van der Waals surface area contributed by atoms with E-state index in [9.17, 15) is 4.39 Å². The molecule has 0 saturated heterocycles. The Labute approximate surface area is 90.9 Å². The smallest absolute Gasteiger partial charge is 0.147 e. The van der Waals surface area contributed by atoms with Crippen LogP contribution >= 0.6 is 15.9 Å². The highest BCUT2D eigenvalue weighted by Crippen LogP contribution is 2.24. The van der Waals surface area contributed by atoms with Gasteiger partial charge in [-0.05, 0) is 34.5 Å². The van der Waals surface area contributed by atoms with Crippen LogP contribution in [0.1, 0.15) is 12.8 Å². The molecule has 0 unspecified atom stereocenters. The monoisotopic (exact) mass is 256 g/mol. The molecule has 0 aliphatic rings. The van der Waals surface area contributed by atoms with Crippen molar-refractivity contribution in [3.05, 3.63) is 28.5 Å². The minimum Gasteiger partial charge on any atom is -0.382 e. The Morgan fingerprint density at radius 2 is 2.29 bits per heavy atom. The Morgan fingerprint density at radius 1 is 1.50 bits per heavy atom. The number of nitrogens with one attached hydrogen (secondary N) is 1. The van der Waals surface area contributed by atoms with E-state index in [1.165, 1.54) is 6.07 Å². The number of para-hydroxylation sites is 1. The van der Waals surface area contributed by atoms with E-state index in [1.54, 1.807) is 12.1 Å². The standard InChI is InChI=1S/C10H10BrFN2/c11-8-4-3-5-9(12)10(8)14-7-2-1-6-13/h3-5,14H,1-2,7H2. The maximum absolute atomic E-state index is 13.2. The lowest BCUT2D eigenvalue weighted by Crippen LogP contribution is -2.03. The quantitative estimate of drug-likeness (QED) is 0.840. The van der Waals surface area contributed by atoms with Gasteiger partial charge in [0.2, 0.25) is 0 Å². The number of anilines is 1. The first-order valence-corrected chi connectivity index (χ1v) is 5.10. The molecule has 1 aromatic rings. The number of benzene rings is 1. The summed E-state index contributed by atoms with van der Waals surface area (Å²) >= 11 is 3.25. The van der Waals surface area contributed by atoms with Crippen LogP contribution in [0.5, 0.6) is 0 Å².